The van der Waals surface area contributed by atoms with Gasteiger partial charge in [-0.2, -0.15) is 0 Å². The van der Waals surface area contributed by atoms with Crippen molar-refractivity contribution in [1.29, 1.82) is 0 Å². The lowest BCUT2D eigenvalue weighted by Crippen LogP contribution is -2.06. The Bertz CT molecular complexity index is 487. The van der Waals surface area contributed by atoms with Crippen LogP contribution < -0.4 is 10.1 Å². The molecule has 0 spiro atoms. The van der Waals surface area contributed by atoms with Gasteiger partial charge in [-0.25, -0.2) is 9.97 Å². The van der Waals surface area contributed by atoms with Crippen molar-refractivity contribution in [1.82, 2.24) is 15.3 Å². The topological polar surface area (TPSA) is 47.0 Å². The zero-order valence-corrected chi connectivity index (χ0v) is 10.9. The summed E-state index contributed by atoms with van der Waals surface area (Å²) in [6.07, 6.45) is 3.49. The second-order valence-electron chi connectivity index (χ2n) is 3.44. The van der Waals surface area contributed by atoms with Crippen molar-refractivity contribution in [2.45, 2.75) is 6.54 Å². The normalized spacial score (nSPS) is 10.2. The van der Waals surface area contributed by atoms with E-state index in [1.54, 1.807) is 12.4 Å². The van der Waals surface area contributed by atoms with Crippen LogP contribution >= 0.6 is 15.9 Å². The van der Waals surface area contributed by atoms with Crippen LogP contribution in [0.15, 0.2) is 41.1 Å². The Kier molecular flexibility index (Phi) is 4.06. The average Bonchev–Trinajstić information content (AvgIpc) is 2.35. The Balaban J connectivity index is 2.11. The summed E-state index contributed by atoms with van der Waals surface area (Å²) in [7, 11) is 1.88. The Labute approximate surface area is 108 Å². The Morgan fingerprint density at radius 2 is 1.94 bits per heavy atom. The van der Waals surface area contributed by atoms with Gasteiger partial charge in [-0.05, 0) is 35.1 Å². The Hall–Kier alpha value is -1.46. The SMILES string of the molecule is CNCc1cnc(Oc2ccccc2Br)nc1. The van der Waals surface area contributed by atoms with E-state index in [1.807, 2.05) is 31.3 Å². The minimum Gasteiger partial charge on any atom is -0.423 e. The van der Waals surface area contributed by atoms with Crippen LogP contribution in [-0.2, 0) is 6.54 Å². The van der Waals surface area contributed by atoms with Gasteiger partial charge in [0.05, 0.1) is 4.47 Å². The van der Waals surface area contributed by atoms with E-state index in [2.05, 4.69) is 31.2 Å². The number of nitrogens with zero attached hydrogens (tertiary/aromatic N) is 2. The zero-order chi connectivity index (χ0) is 12.1. The van der Waals surface area contributed by atoms with Crippen LogP contribution in [0.5, 0.6) is 11.8 Å². The van der Waals surface area contributed by atoms with Crippen molar-refractivity contribution in [2.24, 2.45) is 0 Å². The molecule has 1 aromatic heterocycles. The van der Waals surface area contributed by atoms with E-state index in [4.69, 9.17) is 4.74 Å². The summed E-state index contributed by atoms with van der Waals surface area (Å²) < 4.78 is 6.43. The van der Waals surface area contributed by atoms with Crippen molar-refractivity contribution >= 4 is 15.9 Å². The van der Waals surface area contributed by atoms with Gasteiger partial charge in [-0.3, -0.25) is 0 Å². The molecule has 0 aliphatic heterocycles. The van der Waals surface area contributed by atoms with Crippen LogP contribution in [0, 0.1) is 0 Å². The molecular weight excluding hydrogens is 282 g/mol. The summed E-state index contributed by atoms with van der Waals surface area (Å²) in [5.74, 6) is 0.703. The number of ether oxygens (including phenoxy) is 1. The highest BCUT2D eigenvalue weighted by Crippen LogP contribution is 2.27. The summed E-state index contributed by atoms with van der Waals surface area (Å²) in [5.41, 5.74) is 1.02. The first kappa shape index (κ1) is 12.0. The Morgan fingerprint density at radius 3 is 2.59 bits per heavy atom. The number of halogens is 1. The van der Waals surface area contributed by atoms with Gasteiger partial charge in [-0.15, -0.1) is 0 Å². The molecular formula is C12H12BrN3O. The highest BCUT2D eigenvalue weighted by atomic mass is 79.9. The van der Waals surface area contributed by atoms with Crippen LogP contribution in [0.3, 0.4) is 0 Å². The maximum Gasteiger partial charge on any atom is 0.321 e. The third-order valence-corrected chi connectivity index (χ3v) is 2.76. The molecule has 0 saturated carbocycles. The molecule has 2 aromatic rings. The number of aromatic nitrogens is 2. The van der Waals surface area contributed by atoms with Crippen molar-refractivity contribution < 1.29 is 4.74 Å². The summed E-state index contributed by atoms with van der Waals surface area (Å²) in [4.78, 5) is 8.28. The molecule has 0 aliphatic carbocycles. The molecule has 0 atom stereocenters. The fraction of sp³-hybridized carbons (Fsp3) is 0.167. The summed E-state index contributed by atoms with van der Waals surface area (Å²) in [5, 5.41) is 3.03. The lowest BCUT2D eigenvalue weighted by atomic mass is 10.3. The molecule has 0 aliphatic rings. The van der Waals surface area contributed by atoms with E-state index >= 15 is 0 Å². The van der Waals surface area contributed by atoms with Gasteiger partial charge < -0.3 is 10.1 Å². The lowest BCUT2D eigenvalue weighted by molar-refractivity contribution is 0.438. The number of rotatable bonds is 4. The molecule has 0 amide bonds. The number of hydrogen-bond donors (Lipinski definition) is 1. The van der Waals surface area contributed by atoms with Crippen LogP contribution in [0.2, 0.25) is 0 Å². The van der Waals surface area contributed by atoms with E-state index in [-0.39, 0.29) is 0 Å². The van der Waals surface area contributed by atoms with Crippen LogP contribution in [0.25, 0.3) is 0 Å². The Morgan fingerprint density at radius 1 is 1.24 bits per heavy atom. The molecule has 88 valence electrons. The summed E-state index contributed by atoms with van der Waals surface area (Å²) >= 11 is 3.40. The molecule has 5 heteroatoms. The first-order valence-electron chi connectivity index (χ1n) is 5.17. The maximum atomic E-state index is 5.55. The van der Waals surface area contributed by atoms with Crippen LogP contribution in [0.4, 0.5) is 0 Å². The van der Waals surface area contributed by atoms with Gasteiger partial charge in [-0.1, -0.05) is 12.1 Å². The second-order valence-corrected chi connectivity index (χ2v) is 4.29. The lowest BCUT2D eigenvalue weighted by Gasteiger charge is -2.05. The highest BCUT2D eigenvalue weighted by Gasteiger charge is 2.03. The second kappa shape index (κ2) is 5.75. The molecule has 1 heterocycles. The molecule has 0 unspecified atom stereocenters. The average molecular weight is 294 g/mol. The van der Waals surface area contributed by atoms with E-state index in [9.17, 15) is 0 Å². The van der Waals surface area contributed by atoms with Gasteiger partial charge >= 0.3 is 6.01 Å². The molecule has 17 heavy (non-hydrogen) atoms. The quantitative estimate of drug-likeness (QED) is 0.942. The third kappa shape index (κ3) is 3.25. The first-order valence-corrected chi connectivity index (χ1v) is 5.97. The van der Waals surface area contributed by atoms with Gasteiger partial charge in [0.15, 0.2) is 0 Å². The molecule has 4 nitrogen and oxygen atoms in total. The van der Waals surface area contributed by atoms with Crippen molar-refractivity contribution in [3.8, 4) is 11.8 Å². The maximum absolute atomic E-state index is 5.55. The standard InChI is InChI=1S/C12H12BrN3O/c1-14-6-9-7-15-12(16-8-9)17-11-5-3-2-4-10(11)13/h2-5,7-8,14H,6H2,1H3. The zero-order valence-electron chi connectivity index (χ0n) is 9.35. The van der Waals surface area contributed by atoms with Crippen molar-refractivity contribution in [2.75, 3.05) is 7.05 Å². The summed E-state index contributed by atoms with van der Waals surface area (Å²) in [6.45, 7) is 0.745. The summed E-state index contributed by atoms with van der Waals surface area (Å²) in [6, 6.07) is 7.93. The molecule has 1 N–H and O–H groups in total. The van der Waals surface area contributed by atoms with E-state index in [0.29, 0.717) is 11.8 Å². The molecule has 0 radical (unpaired) electrons. The first-order chi connectivity index (χ1) is 8.29. The smallest absolute Gasteiger partial charge is 0.321 e. The van der Waals surface area contributed by atoms with Gasteiger partial charge in [0.25, 0.3) is 0 Å². The minimum absolute atomic E-state index is 0.344. The fourth-order valence-corrected chi connectivity index (χ4v) is 1.68. The number of benzene rings is 1. The number of para-hydroxylation sites is 1. The number of nitrogens with one attached hydrogen (secondary N) is 1. The molecule has 0 bridgehead atoms. The predicted molar refractivity (Wildman–Crippen MR) is 69.0 cm³/mol. The van der Waals surface area contributed by atoms with Crippen LogP contribution in [0.1, 0.15) is 5.56 Å². The van der Waals surface area contributed by atoms with Crippen LogP contribution in [-0.4, -0.2) is 17.0 Å². The van der Waals surface area contributed by atoms with E-state index in [1.165, 1.54) is 0 Å². The molecule has 0 fully saturated rings. The number of hydrogen-bond acceptors (Lipinski definition) is 4. The van der Waals surface area contributed by atoms with E-state index < -0.39 is 0 Å². The largest absolute Gasteiger partial charge is 0.423 e. The van der Waals surface area contributed by atoms with E-state index in [0.717, 1.165) is 16.6 Å². The third-order valence-electron chi connectivity index (χ3n) is 2.10. The van der Waals surface area contributed by atoms with Crippen molar-refractivity contribution in [3.05, 3.63) is 46.7 Å². The molecule has 0 saturated heterocycles. The van der Waals surface area contributed by atoms with Gasteiger partial charge in [0.2, 0.25) is 0 Å². The molecule has 1 aromatic carbocycles. The van der Waals surface area contributed by atoms with Gasteiger partial charge in [0.1, 0.15) is 5.75 Å². The predicted octanol–water partition coefficient (Wildman–Crippen LogP) is 2.75. The fourth-order valence-electron chi connectivity index (χ4n) is 1.32. The monoisotopic (exact) mass is 293 g/mol. The molecule has 2 rings (SSSR count). The van der Waals surface area contributed by atoms with Crippen molar-refractivity contribution in [3.63, 3.8) is 0 Å². The van der Waals surface area contributed by atoms with Gasteiger partial charge in [0, 0.05) is 24.5 Å². The highest BCUT2D eigenvalue weighted by molar-refractivity contribution is 9.10. The minimum atomic E-state index is 0.344.